The molecule has 2 aromatic rings. The third-order valence-corrected chi connectivity index (χ3v) is 5.66. The highest BCUT2D eigenvalue weighted by atomic mass is 35.5. The molecular weight excluding hydrogens is 349 g/mol. The van der Waals surface area contributed by atoms with Crippen molar-refractivity contribution in [3.05, 3.63) is 64.1 Å². The highest BCUT2D eigenvalue weighted by Crippen LogP contribution is 2.31. The standard InChI is InChI=1S/C22H25Cl2N/c1-16-9-12-25(13-10-16)14-11-17(2)18-3-5-19(6-4-18)21-8-7-20(23)15-22(21)24/h3-8,11,15-16H,9-10,12-14H2,1-2H3/b17-11-. The molecule has 1 fully saturated rings. The van der Waals surface area contributed by atoms with Crippen LogP contribution in [0.5, 0.6) is 0 Å². The topological polar surface area (TPSA) is 3.24 Å². The fourth-order valence-corrected chi connectivity index (χ4v) is 3.78. The molecule has 0 aromatic heterocycles. The number of benzene rings is 2. The third kappa shape index (κ3) is 4.88. The number of hydrogen-bond donors (Lipinski definition) is 0. The summed E-state index contributed by atoms with van der Waals surface area (Å²) in [4.78, 5) is 2.55. The van der Waals surface area contributed by atoms with Crippen LogP contribution in [0.1, 0.15) is 32.3 Å². The largest absolute Gasteiger partial charge is 0.300 e. The van der Waals surface area contributed by atoms with E-state index in [2.05, 4.69) is 49.1 Å². The number of allylic oxidation sites excluding steroid dienone is 1. The number of hydrogen-bond acceptors (Lipinski definition) is 1. The zero-order valence-electron chi connectivity index (χ0n) is 14.9. The van der Waals surface area contributed by atoms with Crippen LogP contribution in [-0.2, 0) is 0 Å². The summed E-state index contributed by atoms with van der Waals surface area (Å²) in [5.41, 5.74) is 4.72. The molecule has 0 bridgehead atoms. The Balaban J connectivity index is 1.68. The first-order valence-electron chi connectivity index (χ1n) is 8.98. The molecule has 3 rings (SSSR count). The van der Waals surface area contributed by atoms with Gasteiger partial charge in [-0.3, -0.25) is 4.90 Å². The Labute approximate surface area is 161 Å². The van der Waals surface area contributed by atoms with Gasteiger partial charge in [-0.15, -0.1) is 0 Å². The van der Waals surface area contributed by atoms with Crippen LogP contribution in [0, 0.1) is 5.92 Å². The Kier molecular flexibility index (Phi) is 6.22. The van der Waals surface area contributed by atoms with Gasteiger partial charge in [0, 0.05) is 22.2 Å². The maximum absolute atomic E-state index is 6.31. The normalized spacial score (nSPS) is 17.0. The van der Waals surface area contributed by atoms with Gasteiger partial charge >= 0.3 is 0 Å². The van der Waals surface area contributed by atoms with Gasteiger partial charge in [0.25, 0.3) is 0 Å². The van der Waals surface area contributed by atoms with Crippen molar-refractivity contribution < 1.29 is 0 Å². The van der Waals surface area contributed by atoms with Crippen molar-refractivity contribution in [3.8, 4) is 11.1 Å². The van der Waals surface area contributed by atoms with Crippen molar-refractivity contribution in [2.75, 3.05) is 19.6 Å². The van der Waals surface area contributed by atoms with Crippen LogP contribution in [0.25, 0.3) is 16.7 Å². The van der Waals surface area contributed by atoms with Crippen molar-refractivity contribution in [2.45, 2.75) is 26.7 Å². The fraction of sp³-hybridized carbons (Fsp3) is 0.364. The van der Waals surface area contributed by atoms with E-state index in [0.29, 0.717) is 10.0 Å². The summed E-state index contributed by atoms with van der Waals surface area (Å²) < 4.78 is 0. The van der Waals surface area contributed by atoms with Crippen molar-refractivity contribution >= 4 is 28.8 Å². The van der Waals surface area contributed by atoms with E-state index >= 15 is 0 Å². The van der Waals surface area contributed by atoms with Crippen LogP contribution >= 0.6 is 23.2 Å². The minimum Gasteiger partial charge on any atom is -0.300 e. The van der Waals surface area contributed by atoms with E-state index in [-0.39, 0.29) is 0 Å². The fourth-order valence-electron chi connectivity index (χ4n) is 3.26. The van der Waals surface area contributed by atoms with E-state index in [0.717, 1.165) is 23.6 Å². The molecule has 2 aromatic carbocycles. The summed E-state index contributed by atoms with van der Waals surface area (Å²) in [7, 11) is 0. The van der Waals surface area contributed by atoms with Crippen LogP contribution in [0.3, 0.4) is 0 Å². The van der Waals surface area contributed by atoms with Crippen LogP contribution in [0.2, 0.25) is 10.0 Å². The van der Waals surface area contributed by atoms with Gasteiger partial charge in [0.05, 0.1) is 0 Å². The molecule has 3 heteroatoms. The van der Waals surface area contributed by atoms with Gasteiger partial charge in [0.2, 0.25) is 0 Å². The first-order valence-corrected chi connectivity index (χ1v) is 9.73. The first kappa shape index (κ1) is 18.5. The molecule has 1 heterocycles. The molecule has 0 aliphatic carbocycles. The summed E-state index contributed by atoms with van der Waals surface area (Å²) in [6.45, 7) is 8.03. The molecule has 0 amide bonds. The SMILES string of the molecule is C/C(=C/CN1CCC(C)CC1)c1ccc(-c2ccc(Cl)cc2Cl)cc1. The Hall–Kier alpha value is -1.28. The first-order chi connectivity index (χ1) is 12.0. The van der Waals surface area contributed by atoms with E-state index in [9.17, 15) is 0 Å². The lowest BCUT2D eigenvalue weighted by molar-refractivity contribution is 0.210. The van der Waals surface area contributed by atoms with Gasteiger partial charge in [-0.2, -0.15) is 0 Å². The number of piperidine rings is 1. The van der Waals surface area contributed by atoms with Crippen LogP contribution in [-0.4, -0.2) is 24.5 Å². The zero-order chi connectivity index (χ0) is 17.8. The lowest BCUT2D eigenvalue weighted by atomic mass is 9.98. The van der Waals surface area contributed by atoms with Crippen LogP contribution in [0.4, 0.5) is 0 Å². The van der Waals surface area contributed by atoms with Gasteiger partial charge in [-0.1, -0.05) is 66.5 Å². The van der Waals surface area contributed by atoms with Crippen molar-refractivity contribution in [1.29, 1.82) is 0 Å². The number of nitrogens with zero attached hydrogens (tertiary/aromatic N) is 1. The minimum absolute atomic E-state index is 0.663. The maximum Gasteiger partial charge on any atom is 0.0499 e. The van der Waals surface area contributed by atoms with Gasteiger partial charge < -0.3 is 0 Å². The molecule has 0 radical (unpaired) electrons. The van der Waals surface area contributed by atoms with E-state index in [1.165, 1.54) is 37.1 Å². The molecule has 0 atom stereocenters. The third-order valence-electron chi connectivity index (χ3n) is 5.11. The van der Waals surface area contributed by atoms with Gasteiger partial charge in [0.15, 0.2) is 0 Å². The predicted octanol–water partition coefficient (Wildman–Crippen LogP) is 6.80. The summed E-state index contributed by atoms with van der Waals surface area (Å²) in [5.74, 6) is 0.883. The van der Waals surface area contributed by atoms with E-state index < -0.39 is 0 Å². The quantitative estimate of drug-likeness (QED) is 0.569. The molecule has 1 nitrogen and oxygen atoms in total. The zero-order valence-corrected chi connectivity index (χ0v) is 16.4. The molecule has 25 heavy (non-hydrogen) atoms. The molecule has 0 N–H and O–H groups in total. The van der Waals surface area contributed by atoms with E-state index in [4.69, 9.17) is 23.2 Å². The summed E-state index contributed by atoms with van der Waals surface area (Å²) in [6, 6.07) is 14.2. The highest BCUT2D eigenvalue weighted by molar-refractivity contribution is 6.36. The van der Waals surface area contributed by atoms with Gasteiger partial charge in [-0.05, 0) is 67.6 Å². The molecule has 1 aliphatic rings. The number of likely N-dealkylation sites (tertiary alicyclic amines) is 1. The minimum atomic E-state index is 0.663. The van der Waals surface area contributed by atoms with Crippen LogP contribution < -0.4 is 0 Å². The predicted molar refractivity (Wildman–Crippen MR) is 110 cm³/mol. The molecule has 1 aliphatic heterocycles. The second-order valence-corrected chi connectivity index (χ2v) is 7.92. The number of halogens is 2. The molecule has 132 valence electrons. The Bertz CT molecular complexity index is 741. The molecule has 0 spiro atoms. The average Bonchev–Trinajstić information content (AvgIpc) is 2.61. The van der Waals surface area contributed by atoms with Crippen molar-refractivity contribution in [2.24, 2.45) is 5.92 Å². The van der Waals surface area contributed by atoms with Gasteiger partial charge in [-0.25, -0.2) is 0 Å². The molecular formula is C22H25Cl2N. The van der Waals surface area contributed by atoms with E-state index in [1.807, 2.05) is 12.1 Å². The van der Waals surface area contributed by atoms with Crippen molar-refractivity contribution in [3.63, 3.8) is 0 Å². The lowest BCUT2D eigenvalue weighted by Gasteiger charge is -2.29. The summed E-state index contributed by atoms with van der Waals surface area (Å²) >= 11 is 12.3. The maximum atomic E-state index is 6.31. The Morgan fingerprint density at radius 2 is 1.76 bits per heavy atom. The van der Waals surface area contributed by atoms with E-state index in [1.54, 1.807) is 6.07 Å². The average molecular weight is 374 g/mol. The second-order valence-electron chi connectivity index (χ2n) is 7.07. The van der Waals surface area contributed by atoms with Crippen LogP contribution in [0.15, 0.2) is 48.5 Å². The molecule has 0 unspecified atom stereocenters. The molecule has 0 saturated carbocycles. The summed E-state index contributed by atoms with van der Waals surface area (Å²) in [6.07, 6.45) is 4.99. The summed E-state index contributed by atoms with van der Waals surface area (Å²) in [5, 5.41) is 1.35. The van der Waals surface area contributed by atoms with Crippen molar-refractivity contribution in [1.82, 2.24) is 4.90 Å². The lowest BCUT2D eigenvalue weighted by Crippen LogP contribution is -2.32. The van der Waals surface area contributed by atoms with Gasteiger partial charge in [0.1, 0.15) is 0 Å². The Morgan fingerprint density at radius 3 is 2.40 bits per heavy atom. The Morgan fingerprint density at radius 1 is 1.08 bits per heavy atom. The second kappa shape index (κ2) is 8.40. The molecule has 1 saturated heterocycles. The smallest absolute Gasteiger partial charge is 0.0499 e. The number of rotatable bonds is 4. The monoisotopic (exact) mass is 373 g/mol. The highest BCUT2D eigenvalue weighted by Gasteiger charge is 2.14.